The zero-order valence-electron chi connectivity index (χ0n) is 16.7. The first-order chi connectivity index (χ1) is 15.0. The molecule has 31 heavy (non-hydrogen) atoms. The Labute approximate surface area is 185 Å². The van der Waals surface area contributed by atoms with Crippen LogP contribution in [0.4, 0.5) is 0 Å². The van der Waals surface area contributed by atoms with E-state index in [0.717, 1.165) is 31.2 Å². The summed E-state index contributed by atoms with van der Waals surface area (Å²) in [7, 11) is -3.91. The lowest BCUT2D eigenvalue weighted by Gasteiger charge is -2.10. The van der Waals surface area contributed by atoms with Gasteiger partial charge in [-0.05, 0) is 37.1 Å². The molecule has 4 rings (SSSR count). The normalized spacial score (nSPS) is 16.3. The van der Waals surface area contributed by atoms with Gasteiger partial charge in [0.1, 0.15) is 0 Å². The Morgan fingerprint density at radius 1 is 1.10 bits per heavy atom. The molecule has 1 aliphatic rings. The second kappa shape index (κ2) is 9.67. The van der Waals surface area contributed by atoms with E-state index in [1.165, 1.54) is 12.1 Å². The summed E-state index contributed by atoms with van der Waals surface area (Å²) in [6.07, 6.45) is 1.96. The second-order valence-electron chi connectivity index (χ2n) is 7.02. The molecule has 2 heterocycles. The van der Waals surface area contributed by atoms with Crippen LogP contribution in [0.3, 0.4) is 0 Å². The minimum absolute atomic E-state index is 0.00739. The molecule has 0 unspecified atom stereocenters. The van der Waals surface area contributed by atoms with Crippen molar-refractivity contribution in [1.82, 2.24) is 10.3 Å². The van der Waals surface area contributed by atoms with Gasteiger partial charge in [-0.15, -0.1) is 0 Å². The summed E-state index contributed by atoms with van der Waals surface area (Å²) < 4.78 is 37.7. The minimum atomic E-state index is -3.91. The Hall–Kier alpha value is -2.62. The Balaban J connectivity index is 1.56. The number of aromatic nitrogens is 1. The van der Waals surface area contributed by atoms with Crippen molar-refractivity contribution in [2.75, 3.05) is 18.9 Å². The summed E-state index contributed by atoms with van der Waals surface area (Å²) in [6, 6.07) is 17.1. The Bertz CT molecular complexity index is 1130. The molecule has 1 amide bonds. The Morgan fingerprint density at radius 3 is 2.48 bits per heavy atom. The second-order valence-corrected chi connectivity index (χ2v) is 9.84. The molecule has 1 saturated heterocycles. The summed E-state index contributed by atoms with van der Waals surface area (Å²) in [5, 5.41) is 2.73. The van der Waals surface area contributed by atoms with Gasteiger partial charge in [0.05, 0.1) is 16.8 Å². The number of sulfone groups is 1. The summed E-state index contributed by atoms with van der Waals surface area (Å²) in [5.74, 6) is -0.0217. The molecule has 2 aromatic carbocycles. The Morgan fingerprint density at radius 2 is 1.81 bits per heavy atom. The summed E-state index contributed by atoms with van der Waals surface area (Å²) in [6.45, 7) is 1.16. The van der Waals surface area contributed by atoms with Crippen LogP contribution in [0, 0.1) is 0 Å². The minimum Gasteiger partial charge on any atom is -0.428 e. The van der Waals surface area contributed by atoms with E-state index < -0.39 is 9.84 Å². The molecule has 0 bridgehead atoms. The zero-order chi connectivity index (χ0) is 21.7. The van der Waals surface area contributed by atoms with Crippen LogP contribution in [-0.2, 0) is 19.4 Å². The van der Waals surface area contributed by atoms with Crippen molar-refractivity contribution in [3.63, 3.8) is 0 Å². The number of hydrogen-bond acceptors (Lipinski definition) is 7. The van der Waals surface area contributed by atoms with Crippen LogP contribution in [0.1, 0.15) is 12.8 Å². The van der Waals surface area contributed by atoms with Gasteiger partial charge in [-0.1, -0.05) is 48.2 Å². The number of nitrogens with zero attached hydrogens (tertiary/aromatic N) is 1. The van der Waals surface area contributed by atoms with Crippen molar-refractivity contribution in [3.05, 3.63) is 60.7 Å². The van der Waals surface area contributed by atoms with Crippen molar-refractivity contribution < 1.29 is 22.4 Å². The lowest BCUT2D eigenvalue weighted by Crippen LogP contribution is -2.32. The van der Waals surface area contributed by atoms with Crippen molar-refractivity contribution in [2.45, 2.75) is 34.0 Å². The van der Waals surface area contributed by atoms with Crippen LogP contribution in [0.25, 0.3) is 11.5 Å². The molecule has 0 radical (unpaired) electrons. The quantitative estimate of drug-likeness (QED) is 0.515. The van der Waals surface area contributed by atoms with Crippen LogP contribution in [-0.4, -0.2) is 44.3 Å². The number of thioether (sulfide) groups is 1. The number of carbonyl (C=O) groups excluding carboxylic acids is 1. The van der Waals surface area contributed by atoms with Crippen molar-refractivity contribution in [1.29, 1.82) is 0 Å². The third-order valence-electron chi connectivity index (χ3n) is 4.78. The molecule has 9 heteroatoms. The van der Waals surface area contributed by atoms with Crippen molar-refractivity contribution in [3.8, 4) is 11.5 Å². The monoisotopic (exact) mass is 458 g/mol. The van der Waals surface area contributed by atoms with E-state index in [2.05, 4.69) is 10.3 Å². The summed E-state index contributed by atoms with van der Waals surface area (Å²) in [4.78, 5) is 16.7. The highest BCUT2D eigenvalue weighted by Crippen LogP contribution is 2.34. The molecular formula is C22H22N2O5S2. The van der Waals surface area contributed by atoms with E-state index in [4.69, 9.17) is 9.15 Å². The molecule has 0 spiro atoms. The van der Waals surface area contributed by atoms with E-state index in [0.29, 0.717) is 12.1 Å². The highest BCUT2D eigenvalue weighted by atomic mass is 32.2. The summed E-state index contributed by atoms with van der Waals surface area (Å²) in [5.41, 5.74) is 0.654. The van der Waals surface area contributed by atoms with Crippen LogP contribution < -0.4 is 5.32 Å². The van der Waals surface area contributed by atoms with Crippen LogP contribution in [0.5, 0.6) is 0 Å². The first kappa shape index (κ1) is 21.6. The maximum absolute atomic E-state index is 13.2. The number of rotatable bonds is 8. The Kier molecular flexibility index (Phi) is 6.74. The van der Waals surface area contributed by atoms with E-state index in [1.54, 1.807) is 30.3 Å². The number of oxazole rings is 1. The van der Waals surface area contributed by atoms with Crippen molar-refractivity contribution in [2.24, 2.45) is 0 Å². The van der Waals surface area contributed by atoms with E-state index in [1.807, 2.05) is 18.2 Å². The number of carbonyl (C=O) groups is 1. The number of ether oxygens (including phenoxy) is 1. The summed E-state index contributed by atoms with van der Waals surface area (Å²) >= 11 is 1.01. The fourth-order valence-electron chi connectivity index (χ4n) is 3.18. The standard InChI is InChI=1S/C22H22N2O5S2/c25-19(23-14-17-10-7-13-28-17)15-30-22-21(31(26,27)18-11-5-2-6-12-18)24-20(29-22)16-8-3-1-4-9-16/h1-6,8-9,11-12,17H,7,10,13-15H2,(H,23,25)/t17-/m0/s1. The molecule has 1 aliphatic heterocycles. The molecular weight excluding hydrogens is 436 g/mol. The SMILES string of the molecule is O=C(CSc1oc(-c2ccccc2)nc1S(=O)(=O)c1ccccc1)NC[C@@H]1CCCO1. The molecule has 3 aromatic rings. The van der Waals surface area contributed by atoms with E-state index >= 15 is 0 Å². The largest absolute Gasteiger partial charge is 0.428 e. The first-order valence-electron chi connectivity index (χ1n) is 9.91. The van der Waals surface area contributed by atoms with Gasteiger partial charge in [-0.3, -0.25) is 4.79 Å². The number of benzene rings is 2. The third kappa shape index (κ3) is 5.17. The molecule has 7 nitrogen and oxygen atoms in total. The fraction of sp³-hybridized carbons (Fsp3) is 0.273. The van der Waals surface area contributed by atoms with Gasteiger partial charge in [0.25, 0.3) is 0 Å². The lowest BCUT2D eigenvalue weighted by atomic mass is 10.2. The first-order valence-corrected chi connectivity index (χ1v) is 12.4. The number of nitrogens with one attached hydrogen (secondary N) is 1. The number of amides is 1. The highest BCUT2D eigenvalue weighted by molar-refractivity contribution is 8.00. The van der Waals surface area contributed by atoms with Gasteiger partial charge >= 0.3 is 0 Å². The molecule has 162 valence electrons. The average molecular weight is 459 g/mol. The van der Waals surface area contributed by atoms with Gasteiger partial charge in [0.2, 0.25) is 31.8 Å². The maximum atomic E-state index is 13.2. The van der Waals surface area contributed by atoms with Crippen LogP contribution in [0.15, 0.2) is 80.1 Å². The number of hydrogen-bond donors (Lipinski definition) is 1. The lowest BCUT2D eigenvalue weighted by molar-refractivity contribution is -0.119. The van der Waals surface area contributed by atoms with Crippen LogP contribution in [0.2, 0.25) is 0 Å². The molecule has 1 aromatic heterocycles. The van der Waals surface area contributed by atoms with Gasteiger partial charge in [-0.2, -0.15) is 4.98 Å². The topological polar surface area (TPSA) is 98.5 Å². The smallest absolute Gasteiger partial charge is 0.230 e. The van der Waals surface area contributed by atoms with Crippen molar-refractivity contribution >= 4 is 27.5 Å². The highest BCUT2D eigenvalue weighted by Gasteiger charge is 2.29. The fourth-order valence-corrected chi connectivity index (χ4v) is 5.56. The molecule has 1 atom stereocenters. The van der Waals surface area contributed by atoms with Gasteiger partial charge in [0, 0.05) is 18.7 Å². The van der Waals surface area contributed by atoms with Gasteiger partial charge < -0.3 is 14.5 Å². The molecule has 0 aliphatic carbocycles. The molecule has 1 N–H and O–H groups in total. The molecule has 0 saturated carbocycles. The van der Waals surface area contributed by atoms with E-state index in [9.17, 15) is 13.2 Å². The van der Waals surface area contributed by atoms with E-state index in [-0.39, 0.29) is 38.7 Å². The predicted octanol–water partition coefficient (Wildman–Crippen LogP) is 3.56. The average Bonchev–Trinajstić information content (AvgIpc) is 3.48. The molecule has 1 fully saturated rings. The zero-order valence-corrected chi connectivity index (χ0v) is 18.3. The van der Waals surface area contributed by atoms with Gasteiger partial charge in [-0.25, -0.2) is 8.42 Å². The van der Waals surface area contributed by atoms with Crippen LogP contribution >= 0.6 is 11.8 Å². The predicted molar refractivity (Wildman–Crippen MR) is 117 cm³/mol. The third-order valence-corrected chi connectivity index (χ3v) is 7.53. The maximum Gasteiger partial charge on any atom is 0.230 e. The van der Waals surface area contributed by atoms with Gasteiger partial charge in [0.15, 0.2) is 0 Å².